The van der Waals surface area contributed by atoms with Gasteiger partial charge in [0.2, 0.25) is 0 Å². The second-order valence-electron chi connectivity index (χ2n) is 9.78. The third kappa shape index (κ3) is 5.25. The van der Waals surface area contributed by atoms with E-state index >= 15 is 0 Å². The van der Waals surface area contributed by atoms with E-state index in [0.29, 0.717) is 39.2 Å². The van der Waals surface area contributed by atoms with E-state index in [-0.39, 0.29) is 17.5 Å². The van der Waals surface area contributed by atoms with Crippen molar-refractivity contribution in [2.24, 2.45) is 5.92 Å². The number of anilines is 1. The van der Waals surface area contributed by atoms with E-state index in [9.17, 15) is 9.59 Å². The van der Waals surface area contributed by atoms with Crippen LogP contribution in [-0.4, -0.2) is 37.1 Å². The lowest BCUT2D eigenvalue weighted by Crippen LogP contribution is -2.30. The Kier molecular flexibility index (Phi) is 7.25. The zero-order valence-electron chi connectivity index (χ0n) is 20.6. The van der Waals surface area contributed by atoms with Gasteiger partial charge in [-0.25, -0.2) is 4.98 Å². The van der Waals surface area contributed by atoms with Crippen molar-refractivity contribution in [2.75, 3.05) is 11.9 Å². The van der Waals surface area contributed by atoms with Crippen LogP contribution in [0.1, 0.15) is 49.3 Å². The van der Waals surface area contributed by atoms with Crippen molar-refractivity contribution in [3.05, 3.63) is 80.6 Å². The van der Waals surface area contributed by atoms with Crippen LogP contribution in [0.3, 0.4) is 0 Å². The summed E-state index contributed by atoms with van der Waals surface area (Å²) in [7, 11) is 0. The summed E-state index contributed by atoms with van der Waals surface area (Å²) in [6.45, 7) is 4.73. The lowest BCUT2D eigenvalue weighted by Gasteiger charge is -2.27. The predicted octanol–water partition coefficient (Wildman–Crippen LogP) is 5.44. The molecule has 1 aromatic carbocycles. The van der Waals surface area contributed by atoms with Crippen LogP contribution in [0.4, 0.5) is 5.82 Å². The second-order valence-corrected chi connectivity index (χ2v) is 11.5. The van der Waals surface area contributed by atoms with Crippen molar-refractivity contribution in [3.63, 3.8) is 0 Å². The quantitative estimate of drug-likeness (QED) is 0.346. The minimum absolute atomic E-state index is 0.160. The van der Waals surface area contributed by atoms with E-state index in [0.717, 1.165) is 42.7 Å². The van der Waals surface area contributed by atoms with Gasteiger partial charge >= 0.3 is 0 Å². The van der Waals surface area contributed by atoms with Crippen molar-refractivity contribution >= 4 is 51.7 Å². The fourth-order valence-electron chi connectivity index (χ4n) is 4.81. The Morgan fingerprint density at radius 2 is 1.86 bits per heavy atom. The molecular formula is C28H30N4O2S2. The monoisotopic (exact) mass is 518 g/mol. The Morgan fingerprint density at radius 3 is 2.61 bits per heavy atom. The normalized spacial score (nSPS) is 21.5. The topological polar surface area (TPSA) is 66.7 Å². The Hall–Kier alpha value is -2.97. The maximum Gasteiger partial charge on any atom is 0.267 e. The average Bonchev–Trinajstić information content (AvgIpc) is 3.14. The predicted molar refractivity (Wildman–Crippen MR) is 151 cm³/mol. The number of benzene rings is 1. The number of carbonyl (C=O) groups excluding carboxylic acids is 1. The standard InChI is InChI=1S/C28H30N4O2S2/c1-18-8-11-21(12-9-18)29-25-22(26(33)32-17-19(2)10-13-24(32)30-25)16-23-27(34)31(28(35)36-23)15-14-20-6-4-3-5-7-20/h3-7,10,13,16-18,21,29H,8-9,11-12,14-15H2,1-2H3. The van der Waals surface area contributed by atoms with E-state index < -0.39 is 0 Å². The van der Waals surface area contributed by atoms with Gasteiger partial charge in [0, 0.05) is 18.8 Å². The van der Waals surface area contributed by atoms with Crippen LogP contribution < -0.4 is 10.9 Å². The molecule has 1 aliphatic carbocycles. The SMILES string of the molecule is Cc1ccc2nc(NC3CCC(C)CC3)c(C=C3SC(=S)N(CCc4ccccc4)C3=O)c(=O)n2c1. The summed E-state index contributed by atoms with van der Waals surface area (Å²) >= 11 is 6.79. The molecule has 0 atom stereocenters. The smallest absolute Gasteiger partial charge is 0.267 e. The lowest BCUT2D eigenvalue weighted by molar-refractivity contribution is -0.122. The highest BCUT2D eigenvalue weighted by atomic mass is 32.2. The minimum atomic E-state index is -0.190. The first-order valence-electron chi connectivity index (χ1n) is 12.5. The summed E-state index contributed by atoms with van der Waals surface area (Å²) in [6.07, 6.45) is 8.57. The molecular weight excluding hydrogens is 488 g/mol. The molecule has 1 amide bonds. The lowest BCUT2D eigenvalue weighted by atomic mass is 9.87. The zero-order chi connectivity index (χ0) is 25.2. The van der Waals surface area contributed by atoms with Gasteiger partial charge in [0.25, 0.3) is 11.5 Å². The van der Waals surface area contributed by atoms with Crippen molar-refractivity contribution in [2.45, 2.75) is 52.0 Å². The number of amides is 1. The molecule has 3 aromatic rings. The van der Waals surface area contributed by atoms with E-state index in [2.05, 4.69) is 12.2 Å². The number of aromatic nitrogens is 2. The van der Waals surface area contributed by atoms with Gasteiger partial charge in [-0.1, -0.05) is 67.3 Å². The Morgan fingerprint density at radius 1 is 1.11 bits per heavy atom. The van der Waals surface area contributed by atoms with Gasteiger partial charge in [0.05, 0.1) is 10.5 Å². The molecule has 0 spiro atoms. The summed E-state index contributed by atoms with van der Waals surface area (Å²) in [5, 5.41) is 3.54. The van der Waals surface area contributed by atoms with Gasteiger partial charge in [0.1, 0.15) is 15.8 Å². The van der Waals surface area contributed by atoms with Crippen molar-refractivity contribution < 1.29 is 4.79 Å². The summed E-state index contributed by atoms with van der Waals surface area (Å²) < 4.78 is 2.08. The molecule has 5 rings (SSSR count). The zero-order valence-corrected chi connectivity index (χ0v) is 22.2. The first kappa shape index (κ1) is 24.7. The number of aryl methyl sites for hydroxylation is 1. The Labute approximate surface area is 220 Å². The van der Waals surface area contributed by atoms with E-state index in [1.165, 1.54) is 11.8 Å². The first-order chi connectivity index (χ1) is 17.4. The number of rotatable bonds is 6. The summed E-state index contributed by atoms with van der Waals surface area (Å²) in [4.78, 5) is 33.8. The Balaban J connectivity index is 1.47. The molecule has 186 valence electrons. The molecule has 6 nitrogen and oxygen atoms in total. The third-order valence-corrected chi connectivity index (χ3v) is 8.36. The van der Waals surface area contributed by atoms with E-state index in [4.69, 9.17) is 17.2 Å². The van der Waals surface area contributed by atoms with Crippen molar-refractivity contribution in [1.82, 2.24) is 14.3 Å². The van der Waals surface area contributed by atoms with Crippen molar-refractivity contribution in [1.29, 1.82) is 0 Å². The van der Waals surface area contributed by atoms with Crippen LogP contribution in [0.15, 0.2) is 58.4 Å². The number of nitrogens with zero attached hydrogens (tertiary/aromatic N) is 3. The minimum Gasteiger partial charge on any atom is -0.367 e. The van der Waals surface area contributed by atoms with Crippen LogP contribution in [-0.2, 0) is 11.2 Å². The molecule has 36 heavy (non-hydrogen) atoms. The molecule has 0 bridgehead atoms. The number of carbonyl (C=O) groups is 1. The average molecular weight is 519 g/mol. The summed E-state index contributed by atoms with van der Waals surface area (Å²) in [6, 6.07) is 14.1. The van der Waals surface area contributed by atoms with Gasteiger partial charge in [-0.05, 0) is 68.2 Å². The second kappa shape index (κ2) is 10.6. The summed E-state index contributed by atoms with van der Waals surface area (Å²) in [5.74, 6) is 1.10. The molecule has 0 unspecified atom stereocenters. The molecule has 1 aliphatic heterocycles. The first-order valence-corrected chi connectivity index (χ1v) is 13.7. The number of fused-ring (bicyclic) bond motifs is 1. The van der Waals surface area contributed by atoms with Gasteiger partial charge in [-0.2, -0.15) is 0 Å². The fourth-order valence-corrected chi connectivity index (χ4v) is 6.10. The van der Waals surface area contributed by atoms with Gasteiger partial charge in [-0.15, -0.1) is 0 Å². The largest absolute Gasteiger partial charge is 0.367 e. The molecule has 2 fully saturated rings. The highest BCUT2D eigenvalue weighted by Crippen LogP contribution is 2.34. The van der Waals surface area contributed by atoms with Crippen molar-refractivity contribution in [3.8, 4) is 0 Å². The molecule has 0 radical (unpaired) electrons. The molecule has 1 saturated heterocycles. The van der Waals surface area contributed by atoms with E-state index in [1.807, 2.05) is 49.4 Å². The molecule has 1 N–H and O–H groups in total. The number of hydrogen-bond acceptors (Lipinski definition) is 6. The third-order valence-electron chi connectivity index (χ3n) is 6.98. The highest BCUT2D eigenvalue weighted by Gasteiger charge is 2.32. The van der Waals surface area contributed by atoms with Crippen LogP contribution in [0.5, 0.6) is 0 Å². The van der Waals surface area contributed by atoms with E-state index in [1.54, 1.807) is 21.6 Å². The molecule has 2 aliphatic rings. The molecule has 8 heteroatoms. The molecule has 2 aromatic heterocycles. The number of thioether (sulfide) groups is 1. The molecule has 3 heterocycles. The fraction of sp³-hybridized carbons (Fsp3) is 0.357. The number of hydrogen-bond donors (Lipinski definition) is 1. The highest BCUT2D eigenvalue weighted by molar-refractivity contribution is 8.26. The van der Waals surface area contributed by atoms with Gasteiger partial charge < -0.3 is 5.32 Å². The number of nitrogens with one attached hydrogen (secondary N) is 1. The van der Waals surface area contributed by atoms with Crippen LogP contribution in [0.25, 0.3) is 11.7 Å². The molecule has 1 saturated carbocycles. The van der Waals surface area contributed by atoms with Gasteiger partial charge in [-0.3, -0.25) is 18.9 Å². The number of thiocarbonyl (C=S) groups is 1. The maximum absolute atomic E-state index is 13.6. The summed E-state index contributed by atoms with van der Waals surface area (Å²) in [5.41, 5.74) is 2.91. The van der Waals surface area contributed by atoms with Crippen LogP contribution in [0.2, 0.25) is 0 Å². The van der Waals surface area contributed by atoms with Gasteiger partial charge in [0.15, 0.2) is 0 Å². The maximum atomic E-state index is 13.6. The van der Waals surface area contributed by atoms with Crippen LogP contribution in [0, 0.1) is 12.8 Å². The number of pyridine rings is 1. The Bertz CT molecular complexity index is 1390. The van der Waals surface area contributed by atoms with Crippen LogP contribution >= 0.6 is 24.0 Å².